The van der Waals surface area contributed by atoms with Crippen molar-refractivity contribution in [1.29, 1.82) is 0 Å². The monoisotopic (exact) mass is 188 g/mol. The van der Waals surface area contributed by atoms with Crippen LogP contribution in [0.4, 0.5) is 4.39 Å². The highest BCUT2D eigenvalue weighted by molar-refractivity contribution is 5.51. The van der Waals surface area contributed by atoms with E-state index in [1.54, 1.807) is 6.07 Å². The Morgan fingerprint density at radius 3 is 2.86 bits per heavy atom. The maximum Gasteiger partial charge on any atom is 0.139 e. The molecule has 0 heterocycles. The summed E-state index contributed by atoms with van der Waals surface area (Å²) in [5.74, 6) is 1.96. The van der Waals surface area contributed by atoms with Gasteiger partial charge in [0.2, 0.25) is 0 Å². The number of rotatable bonds is 3. The van der Waals surface area contributed by atoms with Crippen molar-refractivity contribution in [2.45, 2.75) is 19.8 Å². The highest BCUT2D eigenvalue weighted by Crippen LogP contribution is 2.11. The third kappa shape index (κ3) is 2.74. The predicted molar refractivity (Wildman–Crippen MR) is 58.3 cm³/mol. The molecule has 0 saturated heterocycles. The van der Waals surface area contributed by atoms with E-state index in [0.717, 1.165) is 18.4 Å². The molecule has 1 rings (SSSR count). The molecule has 0 fully saturated rings. The molecular formula is C13H13F. The van der Waals surface area contributed by atoms with Gasteiger partial charge in [-0.25, -0.2) is 4.39 Å². The molecule has 0 atom stereocenters. The van der Waals surface area contributed by atoms with Crippen molar-refractivity contribution < 1.29 is 4.39 Å². The zero-order valence-electron chi connectivity index (χ0n) is 8.26. The Morgan fingerprint density at radius 1 is 1.50 bits per heavy atom. The first kappa shape index (κ1) is 10.5. The molecule has 1 aromatic rings. The van der Waals surface area contributed by atoms with Crippen LogP contribution in [0.15, 0.2) is 24.3 Å². The Kier molecular flexibility index (Phi) is 3.94. The van der Waals surface area contributed by atoms with Gasteiger partial charge in [0.1, 0.15) is 5.82 Å². The summed E-state index contributed by atoms with van der Waals surface area (Å²) in [4.78, 5) is 0. The molecule has 0 spiro atoms. The Bertz CT molecular complexity index is 369. The van der Waals surface area contributed by atoms with Crippen molar-refractivity contribution in [3.8, 4) is 12.3 Å². The third-order valence-electron chi connectivity index (χ3n) is 1.91. The average molecular weight is 188 g/mol. The summed E-state index contributed by atoms with van der Waals surface area (Å²) in [6.07, 6.45) is 11.2. The highest BCUT2D eigenvalue weighted by atomic mass is 19.1. The molecule has 0 amide bonds. The Morgan fingerprint density at radius 2 is 2.29 bits per heavy atom. The molecule has 0 radical (unpaired) electrons. The zero-order valence-corrected chi connectivity index (χ0v) is 8.26. The van der Waals surface area contributed by atoms with Crippen LogP contribution >= 0.6 is 0 Å². The maximum atomic E-state index is 13.2. The minimum Gasteiger partial charge on any atom is -0.206 e. The lowest BCUT2D eigenvalue weighted by molar-refractivity contribution is 0.624. The van der Waals surface area contributed by atoms with Gasteiger partial charge in [-0.1, -0.05) is 37.5 Å². The zero-order chi connectivity index (χ0) is 10.4. The topological polar surface area (TPSA) is 0 Å². The summed E-state index contributed by atoms with van der Waals surface area (Å²) < 4.78 is 13.2. The van der Waals surface area contributed by atoms with Crippen molar-refractivity contribution in [2.24, 2.45) is 0 Å². The second-order valence-electron chi connectivity index (χ2n) is 3.07. The molecule has 0 aliphatic rings. The quantitative estimate of drug-likeness (QED) is 0.635. The van der Waals surface area contributed by atoms with Crippen LogP contribution in [0.2, 0.25) is 0 Å². The molecule has 14 heavy (non-hydrogen) atoms. The number of hydrogen-bond acceptors (Lipinski definition) is 0. The van der Waals surface area contributed by atoms with Crippen LogP contribution < -0.4 is 0 Å². The van der Waals surface area contributed by atoms with E-state index in [-0.39, 0.29) is 5.82 Å². The molecule has 1 heteroatoms. The number of halogens is 1. The molecule has 0 aliphatic carbocycles. The molecule has 0 saturated carbocycles. The lowest BCUT2D eigenvalue weighted by atomic mass is 10.1. The van der Waals surface area contributed by atoms with E-state index in [1.165, 1.54) is 6.07 Å². The van der Waals surface area contributed by atoms with Crippen LogP contribution in [0.25, 0.3) is 6.08 Å². The van der Waals surface area contributed by atoms with Crippen molar-refractivity contribution in [2.75, 3.05) is 0 Å². The first-order valence-electron chi connectivity index (χ1n) is 4.70. The molecule has 0 aromatic heterocycles. The number of unbranched alkanes of at least 4 members (excludes halogenated alkanes) is 1. The number of hydrogen-bond donors (Lipinski definition) is 0. The van der Waals surface area contributed by atoms with Gasteiger partial charge in [-0.2, -0.15) is 0 Å². The van der Waals surface area contributed by atoms with Gasteiger partial charge in [-0.3, -0.25) is 0 Å². The van der Waals surface area contributed by atoms with Crippen LogP contribution in [0, 0.1) is 18.2 Å². The van der Waals surface area contributed by atoms with Crippen LogP contribution in [0.5, 0.6) is 0 Å². The first-order chi connectivity index (χ1) is 6.77. The van der Waals surface area contributed by atoms with Gasteiger partial charge in [0.25, 0.3) is 0 Å². The Balaban J connectivity index is 2.82. The second kappa shape index (κ2) is 5.24. The summed E-state index contributed by atoms with van der Waals surface area (Å²) in [5, 5.41) is 0. The van der Waals surface area contributed by atoms with E-state index in [0.29, 0.717) is 5.56 Å². The van der Waals surface area contributed by atoms with E-state index < -0.39 is 0 Å². The molecule has 0 aliphatic heterocycles. The van der Waals surface area contributed by atoms with E-state index in [2.05, 4.69) is 12.8 Å². The highest BCUT2D eigenvalue weighted by Gasteiger charge is 1.97. The van der Waals surface area contributed by atoms with Crippen molar-refractivity contribution >= 4 is 6.08 Å². The van der Waals surface area contributed by atoms with Crippen LogP contribution in [0.1, 0.15) is 30.9 Å². The van der Waals surface area contributed by atoms with Crippen molar-refractivity contribution in [3.63, 3.8) is 0 Å². The molecule has 1 aromatic carbocycles. The number of benzene rings is 1. The lowest BCUT2D eigenvalue weighted by Gasteiger charge is -1.96. The number of allylic oxidation sites excluding steroid dienone is 1. The van der Waals surface area contributed by atoms with Gasteiger partial charge < -0.3 is 0 Å². The SMILES string of the molecule is C#Cc1ccc(C=CCCC)cc1F. The van der Waals surface area contributed by atoms with Crippen molar-refractivity contribution in [3.05, 3.63) is 41.2 Å². The minimum absolute atomic E-state index is 0.317. The fourth-order valence-electron chi connectivity index (χ4n) is 1.14. The second-order valence-corrected chi connectivity index (χ2v) is 3.07. The van der Waals surface area contributed by atoms with Gasteiger partial charge >= 0.3 is 0 Å². The van der Waals surface area contributed by atoms with E-state index in [1.807, 2.05) is 18.2 Å². The predicted octanol–water partition coefficient (Wildman–Crippen LogP) is 3.62. The van der Waals surface area contributed by atoms with Gasteiger partial charge in [0.15, 0.2) is 0 Å². The minimum atomic E-state index is -0.328. The third-order valence-corrected chi connectivity index (χ3v) is 1.91. The Hall–Kier alpha value is -1.55. The standard InChI is InChI=1S/C13H13F/c1-3-5-6-7-11-8-9-12(4-2)13(14)10-11/h2,6-10H,3,5H2,1H3. The summed E-state index contributed by atoms with van der Waals surface area (Å²) in [6.45, 7) is 2.10. The van der Waals surface area contributed by atoms with Crippen LogP contribution in [-0.4, -0.2) is 0 Å². The maximum absolute atomic E-state index is 13.2. The summed E-state index contributed by atoms with van der Waals surface area (Å²) in [7, 11) is 0. The average Bonchev–Trinajstić information content (AvgIpc) is 2.18. The largest absolute Gasteiger partial charge is 0.206 e. The number of terminal acetylenes is 1. The van der Waals surface area contributed by atoms with Crippen LogP contribution in [0.3, 0.4) is 0 Å². The summed E-state index contributed by atoms with van der Waals surface area (Å²) in [5.41, 5.74) is 1.17. The van der Waals surface area contributed by atoms with Gasteiger partial charge in [0, 0.05) is 0 Å². The first-order valence-corrected chi connectivity index (χ1v) is 4.70. The van der Waals surface area contributed by atoms with Gasteiger partial charge in [0.05, 0.1) is 5.56 Å². The normalized spacial score (nSPS) is 10.4. The van der Waals surface area contributed by atoms with E-state index in [4.69, 9.17) is 6.42 Å². The molecule has 0 unspecified atom stereocenters. The fraction of sp³-hybridized carbons (Fsp3) is 0.231. The molecule has 0 N–H and O–H groups in total. The summed E-state index contributed by atoms with van der Waals surface area (Å²) in [6, 6.07) is 4.91. The van der Waals surface area contributed by atoms with E-state index >= 15 is 0 Å². The summed E-state index contributed by atoms with van der Waals surface area (Å²) >= 11 is 0. The lowest BCUT2D eigenvalue weighted by Crippen LogP contribution is -1.83. The smallest absolute Gasteiger partial charge is 0.139 e. The van der Waals surface area contributed by atoms with Crippen molar-refractivity contribution in [1.82, 2.24) is 0 Å². The molecular weight excluding hydrogens is 175 g/mol. The van der Waals surface area contributed by atoms with Gasteiger partial charge in [-0.05, 0) is 24.1 Å². The Labute approximate surface area is 84.5 Å². The van der Waals surface area contributed by atoms with Crippen LogP contribution in [-0.2, 0) is 0 Å². The van der Waals surface area contributed by atoms with Gasteiger partial charge in [-0.15, -0.1) is 6.42 Å². The molecule has 0 bridgehead atoms. The molecule has 72 valence electrons. The fourth-order valence-corrected chi connectivity index (χ4v) is 1.14. The molecule has 0 nitrogen and oxygen atoms in total. The van der Waals surface area contributed by atoms with E-state index in [9.17, 15) is 4.39 Å².